The van der Waals surface area contributed by atoms with Crippen LogP contribution in [0.1, 0.15) is 17.0 Å². The quantitative estimate of drug-likeness (QED) is 0.482. The number of hydrogen-bond acceptors (Lipinski definition) is 5. The molecule has 0 aliphatic heterocycles. The van der Waals surface area contributed by atoms with Gasteiger partial charge in [0.15, 0.2) is 5.82 Å². The first kappa shape index (κ1) is 18.3. The van der Waals surface area contributed by atoms with Crippen LogP contribution in [0.2, 0.25) is 5.02 Å². The van der Waals surface area contributed by atoms with Gasteiger partial charge in [-0.1, -0.05) is 41.6 Å². The second kappa shape index (κ2) is 7.89. The maximum absolute atomic E-state index is 9.57. The van der Waals surface area contributed by atoms with Crippen LogP contribution in [0.15, 0.2) is 59.8 Å². The normalized spacial score (nSPS) is 10.8. The molecule has 0 aliphatic carbocycles. The first-order chi connectivity index (χ1) is 13.7. The van der Waals surface area contributed by atoms with Crippen molar-refractivity contribution in [2.45, 2.75) is 17.8 Å². The number of H-pyrrole nitrogens is 1. The van der Waals surface area contributed by atoms with Crippen molar-refractivity contribution in [2.24, 2.45) is 0 Å². The molecule has 1 N–H and O–H groups in total. The maximum atomic E-state index is 9.57. The van der Waals surface area contributed by atoms with Gasteiger partial charge in [-0.2, -0.15) is 10.4 Å². The molecule has 0 spiro atoms. The molecule has 0 amide bonds. The van der Waals surface area contributed by atoms with Gasteiger partial charge in [0, 0.05) is 16.3 Å². The highest BCUT2D eigenvalue weighted by Crippen LogP contribution is 2.27. The molecule has 4 aromatic rings. The average Bonchev–Trinajstić information content (AvgIpc) is 3.31. The number of rotatable bonds is 5. The van der Waals surface area contributed by atoms with Gasteiger partial charge in [-0.3, -0.25) is 5.10 Å². The van der Waals surface area contributed by atoms with Crippen LogP contribution in [-0.2, 0) is 5.75 Å². The number of halogens is 1. The average molecular weight is 407 g/mol. The fourth-order valence-electron chi connectivity index (χ4n) is 2.82. The van der Waals surface area contributed by atoms with Gasteiger partial charge in [-0.25, -0.2) is 9.67 Å². The van der Waals surface area contributed by atoms with Crippen molar-refractivity contribution in [3.05, 3.63) is 76.6 Å². The Morgan fingerprint density at radius 3 is 2.61 bits per heavy atom. The molecule has 2 aromatic heterocycles. The zero-order valence-corrected chi connectivity index (χ0v) is 16.5. The summed E-state index contributed by atoms with van der Waals surface area (Å²) in [7, 11) is 0. The van der Waals surface area contributed by atoms with Crippen LogP contribution in [-0.4, -0.2) is 25.0 Å². The Balaban J connectivity index is 1.59. The maximum Gasteiger partial charge on any atom is 0.209 e. The summed E-state index contributed by atoms with van der Waals surface area (Å²) in [5.74, 6) is 1.20. The van der Waals surface area contributed by atoms with E-state index in [0.29, 0.717) is 33.0 Å². The van der Waals surface area contributed by atoms with E-state index in [2.05, 4.69) is 26.3 Å². The lowest BCUT2D eigenvalue weighted by Crippen LogP contribution is -2.02. The van der Waals surface area contributed by atoms with E-state index in [0.717, 1.165) is 16.9 Å². The lowest BCUT2D eigenvalue weighted by molar-refractivity contribution is 0.827. The summed E-state index contributed by atoms with van der Waals surface area (Å²) in [5, 5.41) is 22.6. The summed E-state index contributed by atoms with van der Waals surface area (Å²) >= 11 is 7.39. The minimum Gasteiger partial charge on any atom is -0.258 e. The van der Waals surface area contributed by atoms with E-state index in [1.165, 1.54) is 11.8 Å². The third-order valence-electron chi connectivity index (χ3n) is 4.19. The molecule has 2 aromatic carbocycles. The number of aromatic amines is 1. The predicted octanol–water partition coefficient (Wildman–Crippen LogP) is 4.78. The third-order valence-corrected chi connectivity index (χ3v) is 5.30. The smallest absolute Gasteiger partial charge is 0.209 e. The van der Waals surface area contributed by atoms with Gasteiger partial charge >= 0.3 is 0 Å². The van der Waals surface area contributed by atoms with Gasteiger partial charge in [-0.15, -0.1) is 5.10 Å². The number of nitrogens with one attached hydrogen (secondary N) is 1. The van der Waals surface area contributed by atoms with Gasteiger partial charge in [-0.05, 0) is 43.3 Å². The van der Waals surface area contributed by atoms with Gasteiger partial charge in [0.1, 0.15) is 6.07 Å². The topological polar surface area (TPSA) is 83.2 Å². The highest BCUT2D eigenvalue weighted by molar-refractivity contribution is 7.98. The third kappa shape index (κ3) is 3.65. The predicted molar refractivity (Wildman–Crippen MR) is 109 cm³/mol. The van der Waals surface area contributed by atoms with Crippen LogP contribution in [0.25, 0.3) is 17.1 Å². The van der Waals surface area contributed by atoms with Crippen molar-refractivity contribution in [1.29, 1.82) is 5.26 Å². The number of para-hydroxylation sites is 1. The number of thioether (sulfide) groups is 1. The van der Waals surface area contributed by atoms with Crippen molar-refractivity contribution < 1.29 is 0 Å². The van der Waals surface area contributed by atoms with Crippen molar-refractivity contribution in [3.63, 3.8) is 0 Å². The highest BCUT2D eigenvalue weighted by atomic mass is 35.5. The molecule has 0 atom stereocenters. The molecule has 0 saturated heterocycles. The Hall–Kier alpha value is -3.08. The van der Waals surface area contributed by atoms with E-state index >= 15 is 0 Å². The Morgan fingerprint density at radius 2 is 1.89 bits per heavy atom. The molecule has 0 radical (unpaired) electrons. The van der Waals surface area contributed by atoms with Crippen molar-refractivity contribution in [1.82, 2.24) is 25.0 Å². The standard InChI is InChI=1S/C20H15ClN6S/c1-13-17(11-22)18(27(26-13)16-5-3-2-4-6-16)12-28-20-23-19(24-25-20)14-7-9-15(21)10-8-14/h2-10H,12H2,1H3,(H,23,24,25). The molecule has 0 unspecified atom stereocenters. The van der Waals surface area contributed by atoms with Crippen molar-refractivity contribution >= 4 is 23.4 Å². The summed E-state index contributed by atoms with van der Waals surface area (Å²) in [4.78, 5) is 4.53. The highest BCUT2D eigenvalue weighted by Gasteiger charge is 2.17. The summed E-state index contributed by atoms with van der Waals surface area (Å²) in [6, 6.07) is 19.4. The second-order valence-corrected chi connectivity index (χ2v) is 7.41. The van der Waals surface area contributed by atoms with E-state index in [-0.39, 0.29) is 0 Å². The lowest BCUT2D eigenvalue weighted by Gasteiger charge is -2.06. The van der Waals surface area contributed by atoms with Crippen LogP contribution in [0.5, 0.6) is 0 Å². The van der Waals surface area contributed by atoms with E-state index in [9.17, 15) is 5.26 Å². The molecule has 0 aliphatic rings. The number of benzene rings is 2. The second-order valence-electron chi connectivity index (χ2n) is 6.03. The van der Waals surface area contributed by atoms with Crippen LogP contribution in [0, 0.1) is 18.3 Å². The fourth-order valence-corrected chi connectivity index (χ4v) is 3.74. The molecule has 4 rings (SSSR count). The van der Waals surface area contributed by atoms with Crippen LogP contribution in [0.4, 0.5) is 0 Å². The molecule has 28 heavy (non-hydrogen) atoms. The van der Waals surface area contributed by atoms with E-state index in [1.807, 2.05) is 66.2 Å². The minimum absolute atomic E-state index is 0.524. The number of nitriles is 1. The number of aryl methyl sites for hydroxylation is 1. The van der Waals surface area contributed by atoms with E-state index < -0.39 is 0 Å². The van der Waals surface area contributed by atoms with Gasteiger partial charge in [0.2, 0.25) is 5.16 Å². The lowest BCUT2D eigenvalue weighted by atomic mass is 10.2. The largest absolute Gasteiger partial charge is 0.258 e. The van der Waals surface area contributed by atoms with Crippen molar-refractivity contribution in [3.8, 4) is 23.1 Å². The molecule has 138 valence electrons. The van der Waals surface area contributed by atoms with Crippen molar-refractivity contribution in [2.75, 3.05) is 0 Å². The first-order valence-electron chi connectivity index (χ1n) is 8.51. The number of nitrogens with zero attached hydrogens (tertiary/aromatic N) is 5. The van der Waals surface area contributed by atoms with Gasteiger partial charge < -0.3 is 0 Å². The zero-order chi connectivity index (χ0) is 19.5. The van der Waals surface area contributed by atoms with Gasteiger partial charge in [0.05, 0.1) is 22.6 Å². The Kier molecular flexibility index (Phi) is 5.15. The van der Waals surface area contributed by atoms with Crippen LogP contribution in [0.3, 0.4) is 0 Å². The van der Waals surface area contributed by atoms with Crippen LogP contribution >= 0.6 is 23.4 Å². The Bertz CT molecular complexity index is 1140. The summed E-state index contributed by atoms with van der Waals surface area (Å²) in [6.45, 7) is 1.84. The Labute approximate surface area is 171 Å². The van der Waals surface area contributed by atoms with Gasteiger partial charge in [0.25, 0.3) is 0 Å². The summed E-state index contributed by atoms with van der Waals surface area (Å²) in [5.41, 5.74) is 3.95. The summed E-state index contributed by atoms with van der Waals surface area (Å²) < 4.78 is 1.81. The zero-order valence-electron chi connectivity index (χ0n) is 14.9. The first-order valence-corrected chi connectivity index (χ1v) is 9.87. The molecule has 6 nitrogen and oxygen atoms in total. The molecule has 8 heteroatoms. The van der Waals surface area contributed by atoms with E-state index in [1.54, 1.807) is 0 Å². The minimum atomic E-state index is 0.524. The molecular weight excluding hydrogens is 392 g/mol. The molecule has 0 bridgehead atoms. The van der Waals surface area contributed by atoms with Crippen LogP contribution < -0.4 is 0 Å². The molecule has 2 heterocycles. The number of aromatic nitrogens is 5. The SMILES string of the molecule is Cc1nn(-c2ccccc2)c(CSc2n[nH]c(-c3ccc(Cl)cc3)n2)c1C#N. The monoisotopic (exact) mass is 406 g/mol. The molecular formula is C20H15ClN6S. The number of hydrogen-bond donors (Lipinski definition) is 1. The summed E-state index contributed by atoms with van der Waals surface area (Å²) in [6.07, 6.45) is 0. The van der Waals surface area contributed by atoms with E-state index in [4.69, 9.17) is 11.6 Å². The fraction of sp³-hybridized carbons (Fsp3) is 0.100. The molecule has 0 saturated carbocycles. The Morgan fingerprint density at radius 1 is 1.14 bits per heavy atom. The molecule has 0 fully saturated rings.